The maximum absolute atomic E-state index is 13.7. The van der Waals surface area contributed by atoms with Crippen LogP contribution in [0.25, 0.3) is 0 Å². The van der Waals surface area contributed by atoms with E-state index in [0.29, 0.717) is 25.8 Å². The zero-order valence-corrected chi connectivity index (χ0v) is 22.6. The van der Waals surface area contributed by atoms with E-state index >= 15 is 0 Å². The number of amides is 2. The lowest BCUT2D eigenvalue weighted by atomic mass is 9.80. The molecule has 38 heavy (non-hydrogen) atoms. The van der Waals surface area contributed by atoms with Crippen molar-refractivity contribution in [3.63, 3.8) is 0 Å². The molecule has 1 aliphatic carbocycles. The molecule has 4 atom stereocenters. The minimum Gasteiger partial charge on any atom is -0.395 e. The van der Waals surface area contributed by atoms with Crippen molar-refractivity contribution in [1.29, 1.82) is 0 Å². The highest BCUT2D eigenvalue weighted by Crippen LogP contribution is 2.40. The molecule has 1 aromatic carbocycles. The molecular weight excluding hydrogens is 512 g/mol. The molecule has 2 heterocycles. The molecule has 0 spiro atoms. The van der Waals surface area contributed by atoms with Crippen LogP contribution in [0.2, 0.25) is 0 Å². The third-order valence-electron chi connectivity index (χ3n) is 8.01. The summed E-state index contributed by atoms with van der Waals surface area (Å²) in [5.41, 5.74) is 5.49. The predicted octanol–water partition coefficient (Wildman–Crippen LogP) is 2.95. The predicted molar refractivity (Wildman–Crippen MR) is 139 cm³/mol. The standard InChI is InChI=1S/C26H34N4O7S/c1-16(2)28(3)18-9-10-22(17(13-18)15-38(35,36)19-7-5-4-6-8-19)29-12-11-20(26(29)32)21-14-23(30(33)34)37-24(21)25(27)31/h4-8,14,16-18,20,22H,9-13,15H2,1-3H3,(H2,27,31)/t17-,18+,20-,22-/m0/s1. The van der Waals surface area contributed by atoms with Crippen LogP contribution in [-0.2, 0) is 14.6 Å². The number of hydrogen-bond acceptors (Lipinski definition) is 8. The zero-order valence-electron chi connectivity index (χ0n) is 21.8. The first-order valence-electron chi connectivity index (χ1n) is 12.8. The first-order chi connectivity index (χ1) is 17.9. The monoisotopic (exact) mass is 546 g/mol. The van der Waals surface area contributed by atoms with Gasteiger partial charge in [-0.2, -0.15) is 0 Å². The van der Waals surface area contributed by atoms with Gasteiger partial charge in [-0.25, -0.2) is 8.42 Å². The number of benzene rings is 1. The lowest BCUT2D eigenvalue weighted by Gasteiger charge is -2.44. The summed E-state index contributed by atoms with van der Waals surface area (Å²) in [5, 5.41) is 11.2. The Labute approximate surface area is 222 Å². The smallest absolute Gasteiger partial charge is 0.395 e. The average molecular weight is 547 g/mol. The van der Waals surface area contributed by atoms with Crippen molar-refractivity contribution in [1.82, 2.24) is 9.80 Å². The van der Waals surface area contributed by atoms with Crippen molar-refractivity contribution in [2.45, 2.75) is 68.5 Å². The maximum atomic E-state index is 13.7. The molecule has 12 heteroatoms. The highest BCUT2D eigenvalue weighted by Gasteiger charge is 2.46. The second kappa shape index (κ2) is 10.9. The fourth-order valence-corrected chi connectivity index (χ4v) is 7.55. The normalized spacial score (nSPS) is 24.3. The second-order valence-electron chi connectivity index (χ2n) is 10.5. The van der Waals surface area contributed by atoms with Gasteiger partial charge in [-0.15, -0.1) is 0 Å². The summed E-state index contributed by atoms with van der Waals surface area (Å²) < 4.78 is 31.8. The minimum atomic E-state index is -3.61. The van der Waals surface area contributed by atoms with Crippen molar-refractivity contribution in [2.75, 3.05) is 19.3 Å². The molecule has 0 radical (unpaired) electrons. The Morgan fingerprint density at radius 1 is 1.24 bits per heavy atom. The average Bonchev–Trinajstić information content (AvgIpc) is 3.48. The number of nitrogens with two attached hydrogens (primary N) is 1. The molecule has 2 fully saturated rings. The molecule has 206 valence electrons. The highest BCUT2D eigenvalue weighted by molar-refractivity contribution is 7.91. The van der Waals surface area contributed by atoms with Gasteiger partial charge in [0.25, 0.3) is 5.91 Å². The first kappa shape index (κ1) is 27.8. The summed E-state index contributed by atoms with van der Waals surface area (Å²) in [7, 11) is -1.57. The molecule has 1 aromatic heterocycles. The number of carbonyl (C=O) groups is 2. The van der Waals surface area contributed by atoms with E-state index in [1.165, 1.54) is 0 Å². The van der Waals surface area contributed by atoms with E-state index in [-0.39, 0.29) is 51.9 Å². The largest absolute Gasteiger partial charge is 0.434 e. The van der Waals surface area contributed by atoms with Crippen molar-refractivity contribution in [2.24, 2.45) is 11.7 Å². The third kappa shape index (κ3) is 5.46. The topological polar surface area (TPSA) is 157 Å². The van der Waals surface area contributed by atoms with Crippen LogP contribution < -0.4 is 5.73 Å². The summed E-state index contributed by atoms with van der Waals surface area (Å²) in [5.74, 6) is -3.54. The molecule has 2 N–H and O–H groups in total. The number of carbonyl (C=O) groups excluding carboxylic acids is 2. The van der Waals surface area contributed by atoms with Crippen molar-refractivity contribution < 1.29 is 27.3 Å². The van der Waals surface area contributed by atoms with E-state index in [4.69, 9.17) is 10.2 Å². The number of primary amides is 1. The van der Waals surface area contributed by atoms with Gasteiger partial charge in [-0.3, -0.25) is 19.7 Å². The zero-order chi connectivity index (χ0) is 27.8. The van der Waals surface area contributed by atoms with Crippen LogP contribution >= 0.6 is 0 Å². The van der Waals surface area contributed by atoms with Crippen LogP contribution in [0, 0.1) is 16.0 Å². The number of nitro groups is 1. The van der Waals surface area contributed by atoms with E-state index < -0.39 is 32.5 Å². The van der Waals surface area contributed by atoms with Gasteiger partial charge in [0.1, 0.15) is 4.92 Å². The van der Waals surface area contributed by atoms with E-state index in [1.807, 2.05) is 7.05 Å². The third-order valence-corrected chi connectivity index (χ3v) is 9.87. The fourth-order valence-electron chi connectivity index (χ4n) is 5.86. The number of furan rings is 1. The molecule has 1 aliphatic heterocycles. The molecule has 2 aliphatic rings. The van der Waals surface area contributed by atoms with Gasteiger partial charge in [-0.1, -0.05) is 18.2 Å². The van der Waals surface area contributed by atoms with Crippen LogP contribution in [0.4, 0.5) is 5.88 Å². The van der Waals surface area contributed by atoms with Gasteiger partial charge in [0.2, 0.25) is 11.7 Å². The SMILES string of the molecule is CC(C)N(C)[C@@H]1CC[C@H](N2CC[C@@H](c3cc([N+](=O)[O-])oc3C(N)=O)C2=O)[C@H](CS(=O)(=O)c2ccccc2)C1. The Hall–Kier alpha value is -3.25. The van der Waals surface area contributed by atoms with Crippen LogP contribution in [0.15, 0.2) is 45.7 Å². The van der Waals surface area contributed by atoms with Gasteiger partial charge in [0, 0.05) is 30.2 Å². The van der Waals surface area contributed by atoms with E-state index in [0.717, 1.165) is 12.5 Å². The Balaban J connectivity index is 1.63. The van der Waals surface area contributed by atoms with E-state index in [9.17, 15) is 28.1 Å². The molecule has 2 amide bonds. The van der Waals surface area contributed by atoms with Gasteiger partial charge < -0.3 is 20.0 Å². The maximum Gasteiger partial charge on any atom is 0.434 e. The Bertz CT molecular complexity index is 1310. The highest BCUT2D eigenvalue weighted by atomic mass is 32.2. The van der Waals surface area contributed by atoms with E-state index in [1.54, 1.807) is 35.2 Å². The molecule has 1 saturated heterocycles. The number of hydrogen-bond donors (Lipinski definition) is 1. The van der Waals surface area contributed by atoms with Gasteiger partial charge in [0.15, 0.2) is 9.84 Å². The fraction of sp³-hybridized carbons (Fsp3) is 0.538. The second-order valence-corrected chi connectivity index (χ2v) is 12.5. The molecule has 1 saturated carbocycles. The molecule has 11 nitrogen and oxygen atoms in total. The summed E-state index contributed by atoms with van der Waals surface area (Å²) in [6, 6.07) is 9.54. The minimum absolute atomic E-state index is 0.0950. The Kier molecular flexibility index (Phi) is 7.93. The van der Waals surface area contributed by atoms with Crippen LogP contribution in [0.1, 0.15) is 61.6 Å². The Morgan fingerprint density at radius 3 is 2.53 bits per heavy atom. The lowest BCUT2D eigenvalue weighted by molar-refractivity contribution is -0.402. The number of sulfone groups is 1. The summed E-state index contributed by atoms with van der Waals surface area (Å²) in [4.78, 5) is 40.2. The van der Waals surface area contributed by atoms with Crippen LogP contribution in [0.3, 0.4) is 0 Å². The van der Waals surface area contributed by atoms with Crippen molar-refractivity contribution in [3.8, 4) is 0 Å². The van der Waals surface area contributed by atoms with Crippen LogP contribution in [-0.4, -0.2) is 72.4 Å². The molecule has 0 unspecified atom stereocenters. The number of nitrogens with zero attached hydrogens (tertiary/aromatic N) is 3. The van der Waals surface area contributed by atoms with Crippen LogP contribution in [0.5, 0.6) is 0 Å². The number of rotatable bonds is 9. The quantitative estimate of drug-likeness (QED) is 0.371. The van der Waals surface area contributed by atoms with Gasteiger partial charge >= 0.3 is 5.88 Å². The summed E-state index contributed by atoms with van der Waals surface area (Å²) >= 11 is 0. The van der Waals surface area contributed by atoms with Crippen molar-refractivity contribution >= 4 is 27.5 Å². The van der Waals surface area contributed by atoms with Gasteiger partial charge in [0.05, 0.1) is 22.6 Å². The van der Waals surface area contributed by atoms with Gasteiger partial charge in [-0.05, 0) is 64.6 Å². The molecule has 0 bridgehead atoms. The molecule has 4 rings (SSSR count). The van der Waals surface area contributed by atoms with E-state index in [2.05, 4.69) is 18.7 Å². The first-order valence-corrected chi connectivity index (χ1v) is 14.4. The lowest BCUT2D eigenvalue weighted by Crippen LogP contribution is -2.51. The van der Waals surface area contributed by atoms with Crippen molar-refractivity contribution in [3.05, 3.63) is 57.8 Å². The number of likely N-dealkylation sites (tertiary alicyclic amines) is 1. The summed E-state index contributed by atoms with van der Waals surface area (Å²) in [6.07, 6.45) is 2.37. The Morgan fingerprint density at radius 2 is 1.92 bits per heavy atom. The molecular formula is C26H34N4O7S. The summed E-state index contributed by atoms with van der Waals surface area (Å²) in [6.45, 7) is 4.53. The molecule has 2 aromatic rings.